The summed E-state index contributed by atoms with van der Waals surface area (Å²) in [6.07, 6.45) is 5.95. The highest BCUT2D eigenvalue weighted by Gasteiger charge is 2.44. The van der Waals surface area contributed by atoms with E-state index in [1.807, 2.05) is 11.8 Å². The van der Waals surface area contributed by atoms with Crippen molar-refractivity contribution in [1.29, 1.82) is 0 Å². The molecule has 2 heteroatoms. The molecule has 2 aliphatic carbocycles. The summed E-state index contributed by atoms with van der Waals surface area (Å²) >= 11 is 1.94. The second-order valence-corrected chi connectivity index (χ2v) is 4.66. The van der Waals surface area contributed by atoms with E-state index in [1.54, 1.807) is 0 Å². The Kier molecular flexibility index (Phi) is 1.69. The van der Waals surface area contributed by atoms with Gasteiger partial charge in [0, 0.05) is 5.25 Å². The lowest BCUT2D eigenvalue weighted by atomic mass is 9.97. The summed E-state index contributed by atoms with van der Waals surface area (Å²) in [7, 11) is 0. The molecule has 58 valence electrons. The van der Waals surface area contributed by atoms with Crippen LogP contribution in [0.3, 0.4) is 0 Å². The minimum absolute atomic E-state index is 0.0381. The summed E-state index contributed by atoms with van der Waals surface area (Å²) in [4.78, 5) is 0. The van der Waals surface area contributed by atoms with E-state index in [0.717, 1.165) is 17.6 Å². The van der Waals surface area contributed by atoms with Crippen molar-refractivity contribution >= 4 is 11.8 Å². The Morgan fingerprint density at radius 2 is 2.10 bits per heavy atom. The Bertz CT molecular complexity index is 135. The average molecular weight is 158 g/mol. The van der Waals surface area contributed by atoms with E-state index in [2.05, 4.69) is 6.26 Å². The maximum Gasteiger partial charge on any atom is 0.0581 e. The summed E-state index contributed by atoms with van der Waals surface area (Å²) in [5.74, 6) is 1.50. The highest BCUT2D eigenvalue weighted by Crippen LogP contribution is 2.48. The highest BCUT2D eigenvalue weighted by molar-refractivity contribution is 7.99. The van der Waals surface area contributed by atoms with Gasteiger partial charge in [-0.25, -0.2) is 0 Å². The standard InChI is InChI=1S/C8H14OS/c1-10-8-4-5-2-6(8)7(9)3-5/h5-9H,2-4H2,1H3/t5-,6+,7+,8+/m0/s1. The lowest BCUT2D eigenvalue weighted by molar-refractivity contribution is 0.117. The van der Waals surface area contributed by atoms with Crippen molar-refractivity contribution in [1.82, 2.24) is 0 Å². The van der Waals surface area contributed by atoms with Gasteiger partial charge < -0.3 is 5.11 Å². The number of rotatable bonds is 1. The van der Waals surface area contributed by atoms with Crippen LogP contribution in [0.4, 0.5) is 0 Å². The summed E-state index contributed by atoms with van der Waals surface area (Å²) in [6, 6.07) is 0. The third-order valence-electron chi connectivity index (χ3n) is 3.02. The fourth-order valence-electron chi connectivity index (χ4n) is 2.52. The molecule has 2 aliphatic rings. The van der Waals surface area contributed by atoms with E-state index in [1.165, 1.54) is 12.8 Å². The van der Waals surface area contributed by atoms with Crippen molar-refractivity contribution in [2.75, 3.05) is 6.26 Å². The van der Waals surface area contributed by atoms with Crippen LogP contribution >= 0.6 is 11.8 Å². The van der Waals surface area contributed by atoms with Gasteiger partial charge in [-0.1, -0.05) is 0 Å². The molecule has 0 radical (unpaired) electrons. The molecule has 2 bridgehead atoms. The molecule has 2 saturated carbocycles. The highest BCUT2D eigenvalue weighted by atomic mass is 32.2. The molecule has 4 atom stereocenters. The van der Waals surface area contributed by atoms with E-state index in [-0.39, 0.29) is 6.10 Å². The van der Waals surface area contributed by atoms with Gasteiger partial charge in [-0.3, -0.25) is 0 Å². The zero-order valence-corrected chi connectivity index (χ0v) is 7.10. The van der Waals surface area contributed by atoms with Gasteiger partial charge in [0.05, 0.1) is 6.10 Å². The SMILES string of the molecule is CS[C@@H]1C[C@H]2C[C@@H]1[C@H](O)C2. The zero-order chi connectivity index (χ0) is 7.14. The molecule has 0 aromatic carbocycles. The van der Waals surface area contributed by atoms with Crippen LogP contribution in [0, 0.1) is 11.8 Å². The fourth-order valence-corrected chi connectivity index (χ4v) is 3.63. The molecule has 1 N–H and O–H groups in total. The lowest BCUT2D eigenvalue weighted by Gasteiger charge is -2.23. The smallest absolute Gasteiger partial charge is 0.0581 e. The molecule has 0 amide bonds. The molecule has 0 saturated heterocycles. The molecule has 1 nitrogen and oxygen atoms in total. The van der Waals surface area contributed by atoms with Gasteiger partial charge in [-0.15, -0.1) is 0 Å². The first kappa shape index (κ1) is 6.99. The Morgan fingerprint density at radius 3 is 2.50 bits per heavy atom. The molecule has 10 heavy (non-hydrogen) atoms. The van der Waals surface area contributed by atoms with Gasteiger partial charge in [0.15, 0.2) is 0 Å². The van der Waals surface area contributed by atoms with E-state index >= 15 is 0 Å². The topological polar surface area (TPSA) is 20.2 Å². The molecule has 0 unspecified atom stereocenters. The quantitative estimate of drug-likeness (QED) is 0.624. The molecule has 0 aromatic rings. The van der Waals surface area contributed by atoms with Crippen molar-refractivity contribution < 1.29 is 5.11 Å². The molecule has 2 fully saturated rings. The molecule has 0 aliphatic heterocycles. The number of thioether (sulfide) groups is 1. The van der Waals surface area contributed by atoms with Gasteiger partial charge in [-0.05, 0) is 37.4 Å². The summed E-state index contributed by atoms with van der Waals surface area (Å²) in [5.41, 5.74) is 0. The van der Waals surface area contributed by atoms with Crippen molar-refractivity contribution in [3.05, 3.63) is 0 Å². The largest absolute Gasteiger partial charge is 0.393 e. The minimum Gasteiger partial charge on any atom is -0.393 e. The van der Waals surface area contributed by atoms with E-state index in [4.69, 9.17) is 0 Å². The van der Waals surface area contributed by atoms with E-state index in [0.29, 0.717) is 5.92 Å². The van der Waals surface area contributed by atoms with Gasteiger partial charge in [0.25, 0.3) is 0 Å². The zero-order valence-electron chi connectivity index (χ0n) is 6.29. The Balaban J connectivity index is 2.06. The van der Waals surface area contributed by atoms with Crippen LogP contribution in [0.1, 0.15) is 19.3 Å². The van der Waals surface area contributed by atoms with Crippen molar-refractivity contribution in [2.24, 2.45) is 11.8 Å². The first-order valence-electron chi connectivity index (χ1n) is 4.02. The molecular weight excluding hydrogens is 144 g/mol. The van der Waals surface area contributed by atoms with Gasteiger partial charge in [0.2, 0.25) is 0 Å². The van der Waals surface area contributed by atoms with Crippen LogP contribution < -0.4 is 0 Å². The molecule has 0 heterocycles. The van der Waals surface area contributed by atoms with Crippen LogP contribution in [0.15, 0.2) is 0 Å². The van der Waals surface area contributed by atoms with Crippen LogP contribution in [0.2, 0.25) is 0 Å². The predicted molar refractivity (Wildman–Crippen MR) is 44.1 cm³/mol. The van der Waals surface area contributed by atoms with Gasteiger partial charge in [-0.2, -0.15) is 11.8 Å². The predicted octanol–water partition coefficient (Wildman–Crippen LogP) is 1.51. The molecular formula is C8H14OS. The van der Waals surface area contributed by atoms with Gasteiger partial charge >= 0.3 is 0 Å². The first-order valence-corrected chi connectivity index (χ1v) is 5.31. The average Bonchev–Trinajstić information content (AvgIpc) is 2.44. The number of hydrogen-bond acceptors (Lipinski definition) is 2. The van der Waals surface area contributed by atoms with E-state index < -0.39 is 0 Å². The fraction of sp³-hybridized carbons (Fsp3) is 1.00. The molecule has 2 rings (SSSR count). The van der Waals surface area contributed by atoms with Crippen LogP contribution in [-0.2, 0) is 0 Å². The van der Waals surface area contributed by atoms with Crippen LogP contribution in [0.5, 0.6) is 0 Å². The van der Waals surface area contributed by atoms with Crippen LogP contribution in [-0.4, -0.2) is 22.7 Å². The normalized spacial score (nSPS) is 52.2. The third-order valence-corrected chi connectivity index (χ3v) is 4.17. The summed E-state index contributed by atoms with van der Waals surface area (Å²) in [5, 5.41) is 10.3. The molecule has 0 spiro atoms. The van der Waals surface area contributed by atoms with Crippen molar-refractivity contribution in [3.63, 3.8) is 0 Å². The summed E-state index contributed by atoms with van der Waals surface area (Å²) in [6.45, 7) is 0. The second-order valence-electron chi connectivity index (χ2n) is 3.58. The lowest BCUT2D eigenvalue weighted by Crippen LogP contribution is -2.25. The Hall–Kier alpha value is 0.310. The Morgan fingerprint density at radius 1 is 1.30 bits per heavy atom. The first-order chi connectivity index (χ1) is 4.81. The summed E-state index contributed by atoms with van der Waals surface area (Å²) < 4.78 is 0. The van der Waals surface area contributed by atoms with Crippen molar-refractivity contribution in [3.8, 4) is 0 Å². The maximum atomic E-state index is 9.51. The van der Waals surface area contributed by atoms with Crippen LogP contribution in [0.25, 0.3) is 0 Å². The third kappa shape index (κ3) is 0.892. The van der Waals surface area contributed by atoms with Gasteiger partial charge in [0.1, 0.15) is 0 Å². The second kappa shape index (κ2) is 2.42. The van der Waals surface area contributed by atoms with Crippen molar-refractivity contribution in [2.45, 2.75) is 30.6 Å². The monoisotopic (exact) mass is 158 g/mol. The Labute approximate surface area is 66.2 Å². The number of aliphatic hydroxyl groups is 1. The number of hydrogen-bond donors (Lipinski definition) is 1. The number of aliphatic hydroxyl groups excluding tert-OH is 1. The number of fused-ring (bicyclic) bond motifs is 2. The maximum absolute atomic E-state index is 9.51. The van der Waals surface area contributed by atoms with E-state index in [9.17, 15) is 5.11 Å². The molecule has 0 aromatic heterocycles. The minimum atomic E-state index is 0.0381.